The fourth-order valence-electron chi connectivity index (χ4n) is 2.91. The second-order valence-corrected chi connectivity index (χ2v) is 5.86. The van der Waals surface area contributed by atoms with E-state index in [-0.39, 0.29) is 24.5 Å². The van der Waals surface area contributed by atoms with E-state index in [1.807, 2.05) is 37.3 Å². The fraction of sp³-hybridized carbons (Fsp3) is 0.438. The SMILES string of the molecule is C[C@@H]1CN(C(=O)C[C@@H]2NC(=O)NC2=O)C[C@H](c2ccccc2)O1. The van der Waals surface area contributed by atoms with E-state index in [1.54, 1.807) is 4.90 Å². The first-order valence-electron chi connectivity index (χ1n) is 7.62. The van der Waals surface area contributed by atoms with Crippen molar-refractivity contribution in [1.82, 2.24) is 15.5 Å². The van der Waals surface area contributed by atoms with Gasteiger partial charge in [-0.25, -0.2) is 4.79 Å². The minimum absolute atomic E-state index is 0.0359. The number of hydrogen-bond donors (Lipinski definition) is 2. The van der Waals surface area contributed by atoms with Crippen LogP contribution in [0.25, 0.3) is 0 Å². The maximum atomic E-state index is 12.5. The van der Waals surface area contributed by atoms with Gasteiger partial charge in [0.1, 0.15) is 12.1 Å². The molecule has 0 aromatic heterocycles. The number of rotatable bonds is 3. The van der Waals surface area contributed by atoms with Gasteiger partial charge in [0.15, 0.2) is 0 Å². The molecule has 0 saturated carbocycles. The lowest BCUT2D eigenvalue weighted by atomic mass is 10.1. The Morgan fingerprint density at radius 3 is 2.65 bits per heavy atom. The van der Waals surface area contributed by atoms with Crippen LogP contribution in [0.15, 0.2) is 30.3 Å². The van der Waals surface area contributed by atoms with Gasteiger partial charge in [-0.3, -0.25) is 14.9 Å². The summed E-state index contributed by atoms with van der Waals surface area (Å²) in [5.41, 5.74) is 1.02. The number of morpholine rings is 1. The largest absolute Gasteiger partial charge is 0.367 e. The van der Waals surface area contributed by atoms with Crippen molar-refractivity contribution in [2.75, 3.05) is 13.1 Å². The smallest absolute Gasteiger partial charge is 0.322 e. The molecular formula is C16H19N3O4. The van der Waals surface area contributed by atoms with Crippen molar-refractivity contribution < 1.29 is 19.1 Å². The summed E-state index contributed by atoms with van der Waals surface area (Å²) in [6.45, 7) is 2.83. The maximum absolute atomic E-state index is 12.5. The first kappa shape index (κ1) is 15.5. The van der Waals surface area contributed by atoms with Crippen LogP contribution in [0.5, 0.6) is 0 Å². The van der Waals surface area contributed by atoms with Crippen LogP contribution in [0.3, 0.4) is 0 Å². The highest BCUT2D eigenvalue weighted by Gasteiger charge is 2.35. The lowest BCUT2D eigenvalue weighted by molar-refractivity contribution is -0.146. The van der Waals surface area contributed by atoms with Crippen molar-refractivity contribution >= 4 is 17.8 Å². The molecule has 7 nitrogen and oxygen atoms in total. The number of imide groups is 1. The molecule has 3 rings (SSSR count). The van der Waals surface area contributed by atoms with Crippen molar-refractivity contribution in [2.24, 2.45) is 0 Å². The number of hydrogen-bond acceptors (Lipinski definition) is 4. The standard InChI is InChI=1S/C16H19N3O4/c1-10-8-19(9-13(23-10)11-5-3-2-4-6-11)14(20)7-12-15(21)18-16(22)17-12/h2-6,10,12-13H,7-9H2,1H3,(H2,17,18,21,22)/t10-,12+,13-/m1/s1. The fourth-order valence-corrected chi connectivity index (χ4v) is 2.91. The molecule has 23 heavy (non-hydrogen) atoms. The van der Waals surface area contributed by atoms with E-state index in [4.69, 9.17) is 4.74 Å². The number of nitrogens with one attached hydrogen (secondary N) is 2. The quantitative estimate of drug-likeness (QED) is 0.798. The minimum atomic E-state index is -0.789. The highest BCUT2D eigenvalue weighted by atomic mass is 16.5. The molecule has 1 aromatic carbocycles. The Hall–Kier alpha value is -2.41. The molecule has 0 radical (unpaired) electrons. The van der Waals surface area contributed by atoms with Crippen molar-refractivity contribution in [3.8, 4) is 0 Å². The Morgan fingerprint density at radius 1 is 1.26 bits per heavy atom. The van der Waals surface area contributed by atoms with Crippen LogP contribution in [0.1, 0.15) is 25.0 Å². The molecule has 2 N–H and O–H groups in total. The zero-order valence-electron chi connectivity index (χ0n) is 12.8. The van der Waals surface area contributed by atoms with Crippen LogP contribution < -0.4 is 10.6 Å². The van der Waals surface area contributed by atoms with E-state index < -0.39 is 18.0 Å². The number of carbonyl (C=O) groups is 3. The van der Waals surface area contributed by atoms with Gasteiger partial charge in [-0.15, -0.1) is 0 Å². The van der Waals surface area contributed by atoms with E-state index >= 15 is 0 Å². The van der Waals surface area contributed by atoms with E-state index in [0.29, 0.717) is 13.1 Å². The summed E-state index contributed by atoms with van der Waals surface area (Å²) in [6.07, 6.45) is -0.313. The highest BCUT2D eigenvalue weighted by molar-refractivity contribution is 6.05. The van der Waals surface area contributed by atoms with Crippen LogP contribution in [0, 0.1) is 0 Å². The molecule has 0 bridgehead atoms. The van der Waals surface area contributed by atoms with Gasteiger partial charge in [0.2, 0.25) is 5.91 Å². The number of ether oxygens (including phenoxy) is 1. The van der Waals surface area contributed by atoms with Gasteiger partial charge in [0, 0.05) is 6.54 Å². The van der Waals surface area contributed by atoms with E-state index in [2.05, 4.69) is 10.6 Å². The molecule has 4 amide bonds. The second-order valence-electron chi connectivity index (χ2n) is 5.86. The Morgan fingerprint density at radius 2 is 2.00 bits per heavy atom. The zero-order valence-corrected chi connectivity index (χ0v) is 12.8. The van der Waals surface area contributed by atoms with Crippen LogP contribution in [-0.4, -0.2) is 48.0 Å². The third kappa shape index (κ3) is 3.50. The molecule has 122 valence electrons. The molecule has 2 saturated heterocycles. The number of urea groups is 1. The first-order chi connectivity index (χ1) is 11.0. The zero-order chi connectivity index (χ0) is 16.4. The Balaban J connectivity index is 1.66. The molecule has 0 aliphatic carbocycles. The number of benzene rings is 1. The molecule has 2 heterocycles. The van der Waals surface area contributed by atoms with Crippen molar-refractivity contribution in [2.45, 2.75) is 31.6 Å². The van der Waals surface area contributed by atoms with E-state index in [1.165, 1.54) is 0 Å². The van der Waals surface area contributed by atoms with Gasteiger partial charge in [0.05, 0.1) is 19.1 Å². The van der Waals surface area contributed by atoms with E-state index in [0.717, 1.165) is 5.56 Å². The number of carbonyl (C=O) groups excluding carboxylic acids is 3. The molecular weight excluding hydrogens is 298 g/mol. The molecule has 2 fully saturated rings. The molecule has 1 aromatic rings. The maximum Gasteiger partial charge on any atom is 0.322 e. The van der Waals surface area contributed by atoms with Gasteiger partial charge in [-0.1, -0.05) is 30.3 Å². The monoisotopic (exact) mass is 317 g/mol. The van der Waals surface area contributed by atoms with Gasteiger partial charge >= 0.3 is 6.03 Å². The van der Waals surface area contributed by atoms with Gasteiger partial charge in [-0.05, 0) is 12.5 Å². The number of amides is 4. The predicted molar refractivity (Wildman–Crippen MR) is 81.4 cm³/mol. The van der Waals surface area contributed by atoms with Gasteiger partial charge in [0.25, 0.3) is 5.91 Å². The van der Waals surface area contributed by atoms with Crippen LogP contribution in [0.4, 0.5) is 4.79 Å². The highest BCUT2D eigenvalue weighted by Crippen LogP contribution is 2.25. The summed E-state index contributed by atoms with van der Waals surface area (Å²) in [4.78, 5) is 36.9. The third-order valence-corrected chi connectivity index (χ3v) is 4.02. The normalized spacial score (nSPS) is 27.5. The molecule has 3 atom stereocenters. The molecule has 2 aliphatic rings. The Kier molecular flexibility index (Phi) is 4.29. The summed E-state index contributed by atoms with van der Waals surface area (Å²) in [7, 11) is 0. The lowest BCUT2D eigenvalue weighted by Gasteiger charge is -2.37. The summed E-state index contributed by atoms with van der Waals surface area (Å²) in [6, 6.07) is 8.39. The van der Waals surface area contributed by atoms with Crippen molar-refractivity contribution in [1.29, 1.82) is 0 Å². The van der Waals surface area contributed by atoms with Crippen molar-refractivity contribution in [3.05, 3.63) is 35.9 Å². The molecule has 7 heteroatoms. The van der Waals surface area contributed by atoms with E-state index in [9.17, 15) is 14.4 Å². The second kappa shape index (κ2) is 6.37. The minimum Gasteiger partial charge on any atom is -0.367 e. The van der Waals surface area contributed by atoms with Crippen molar-refractivity contribution in [3.63, 3.8) is 0 Å². The molecule has 0 unspecified atom stereocenters. The lowest BCUT2D eigenvalue weighted by Crippen LogP contribution is -2.48. The average Bonchev–Trinajstić information content (AvgIpc) is 2.85. The Labute approximate surface area is 134 Å². The summed E-state index contributed by atoms with van der Waals surface area (Å²) in [5, 5.41) is 4.58. The number of nitrogens with zero attached hydrogens (tertiary/aromatic N) is 1. The van der Waals surface area contributed by atoms with Crippen LogP contribution >= 0.6 is 0 Å². The topological polar surface area (TPSA) is 87.7 Å². The van der Waals surface area contributed by atoms with Crippen LogP contribution in [0.2, 0.25) is 0 Å². The Bertz CT molecular complexity index is 619. The molecule has 0 spiro atoms. The predicted octanol–water partition coefficient (Wildman–Crippen LogP) is 0.573. The van der Waals surface area contributed by atoms with Gasteiger partial charge in [-0.2, -0.15) is 0 Å². The summed E-state index contributed by atoms with van der Waals surface area (Å²) >= 11 is 0. The summed E-state index contributed by atoms with van der Waals surface area (Å²) < 4.78 is 5.92. The van der Waals surface area contributed by atoms with Crippen LogP contribution in [-0.2, 0) is 14.3 Å². The third-order valence-electron chi connectivity index (χ3n) is 4.02. The average molecular weight is 317 g/mol. The summed E-state index contributed by atoms with van der Waals surface area (Å²) in [5.74, 6) is -0.618. The first-order valence-corrected chi connectivity index (χ1v) is 7.62. The van der Waals surface area contributed by atoms with Gasteiger partial charge < -0.3 is 15.0 Å². The molecule has 2 aliphatic heterocycles.